The molecule has 0 heterocycles. The van der Waals surface area contributed by atoms with Crippen LogP contribution in [-0.4, -0.2) is 16.8 Å². The molecule has 2 aromatic rings. The smallest absolute Gasteiger partial charge is 0.207 e. The molecule has 2 aromatic carbocycles. The Morgan fingerprint density at radius 2 is 0.731 bits per heavy atom. The third-order valence-corrected chi connectivity index (χ3v) is 9.47. The Kier molecular flexibility index (Phi) is 5.16. The van der Waals surface area contributed by atoms with Crippen molar-refractivity contribution in [2.24, 2.45) is 0 Å². The summed E-state index contributed by atoms with van der Waals surface area (Å²) in [6.07, 6.45) is 0. The van der Waals surface area contributed by atoms with Crippen LogP contribution in [0.4, 0.5) is 0 Å². The van der Waals surface area contributed by atoms with Crippen LogP contribution in [0.1, 0.15) is 52.7 Å². The lowest BCUT2D eigenvalue weighted by molar-refractivity contribution is 0.579. The van der Waals surface area contributed by atoms with Crippen molar-refractivity contribution in [2.75, 3.05) is 0 Å². The second kappa shape index (κ2) is 6.50. The van der Waals surface area contributed by atoms with E-state index < -0.39 is 17.7 Å². The fourth-order valence-corrected chi connectivity index (χ4v) is 6.13. The Morgan fingerprint density at radius 3 is 0.923 bits per heavy atom. The SMILES string of the molecule is CC(C)(C)c1ccc(S(=O)(=O)S(=O)(=O)c2ccc(C(C)(C)C)cc2)cc1. The van der Waals surface area contributed by atoms with Gasteiger partial charge in [-0.3, -0.25) is 0 Å². The Morgan fingerprint density at radius 1 is 0.500 bits per heavy atom. The van der Waals surface area contributed by atoms with Gasteiger partial charge in [-0.15, -0.1) is 0 Å². The van der Waals surface area contributed by atoms with Crippen molar-refractivity contribution >= 4 is 17.7 Å². The van der Waals surface area contributed by atoms with Gasteiger partial charge >= 0.3 is 0 Å². The molecule has 0 aliphatic rings. The molecule has 0 atom stereocenters. The molecule has 142 valence electrons. The molecule has 0 aromatic heterocycles. The minimum absolute atomic E-state index is 0.149. The van der Waals surface area contributed by atoms with E-state index in [1.807, 2.05) is 41.5 Å². The third-order valence-electron chi connectivity index (χ3n) is 4.31. The van der Waals surface area contributed by atoms with Gasteiger partial charge in [0.25, 0.3) is 17.7 Å². The van der Waals surface area contributed by atoms with Gasteiger partial charge in [-0.25, -0.2) is 16.8 Å². The molecule has 26 heavy (non-hydrogen) atoms. The normalized spacial score (nSPS) is 13.6. The summed E-state index contributed by atoms with van der Waals surface area (Å²) < 4.78 is 50.8. The molecule has 0 aliphatic carbocycles. The predicted octanol–water partition coefficient (Wildman–Crippen LogP) is 4.44. The quantitative estimate of drug-likeness (QED) is 0.722. The van der Waals surface area contributed by atoms with E-state index in [0.29, 0.717) is 0 Å². The van der Waals surface area contributed by atoms with Crippen LogP contribution >= 0.6 is 0 Å². The summed E-state index contributed by atoms with van der Waals surface area (Å²) in [6, 6.07) is 12.1. The van der Waals surface area contributed by atoms with Gasteiger partial charge in [0.2, 0.25) is 0 Å². The summed E-state index contributed by atoms with van der Waals surface area (Å²) in [5.41, 5.74) is 1.57. The maximum atomic E-state index is 12.7. The Hall–Kier alpha value is -1.66. The van der Waals surface area contributed by atoms with Crippen molar-refractivity contribution < 1.29 is 16.8 Å². The molecule has 0 fully saturated rings. The van der Waals surface area contributed by atoms with Gasteiger partial charge in [-0.1, -0.05) is 65.8 Å². The highest BCUT2D eigenvalue weighted by atomic mass is 33.2. The van der Waals surface area contributed by atoms with Crippen LogP contribution in [0, 0.1) is 0 Å². The Bertz CT molecular complexity index is 900. The molecule has 0 saturated heterocycles. The lowest BCUT2D eigenvalue weighted by Crippen LogP contribution is -2.18. The highest BCUT2D eigenvalue weighted by molar-refractivity contribution is 8.67. The van der Waals surface area contributed by atoms with E-state index in [1.165, 1.54) is 24.3 Å². The maximum absolute atomic E-state index is 12.7. The largest absolute Gasteiger partial charge is 0.286 e. The van der Waals surface area contributed by atoms with Gasteiger partial charge in [0, 0.05) is 0 Å². The van der Waals surface area contributed by atoms with Crippen LogP contribution < -0.4 is 0 Å². The molecule has 0 amide bonds. The van der Waals surface area contributed by atoms with E-state index in [1.54, 1.807) is 24.3 Å². The number of benzene rings is 2. The number of hydrogen-bond donors (Lipinski definition) is 0. The molecule has 0 N–H and O–H groups in total. The van der Waals surface area contributed by atoms with Crippen molar-refractivity contribution in [2.45, 2.75) is 62.2 Å². The topological polar surface area (TPSA) is 68.3 Å². The zero-order valence-corrected chi connectivity index (χ0v) is 17.7. The van der Waals surface area contributed by atoms with Crippen LogP contribution in [-0.2, 0) is 28.6 Å². The fraction of sp³-hybridized carbons (Fsp3) is 0.400. The molecule has 0 aliphatic heterocycles. The van der Waals surface area contributed by atoms with Crippen LogP contribution in [0.25, 0.3) is 0 Å². The summed E-state index contributed by atoms with van der Waals surface area (Å²) in [4.78, 5) is -0.434. The summed E-state index contributed by atoms with van der Waals surface area (Å²) >= 11 is 0. The molecule has 0 radical (unpaired) electrons. The average molecular weight is 395 g/mol. The van der Waals surface area contributed by atoms with Crippen LogP contribution in [0.15, 0.2) is 58.3 Å². The van der Waals surface area contributed by atoms with E-state index in [-0.39, 0.29) is 20.6 Å². The fourth-order valence-electron chi connectivity index (χ4n) is 2.50. The number of hydrogen-bond acceptors (Lipinski definition) is 4. The summed E-state index contributed by atoms with van der Waals surface area (Å²) in [6.45, 7) is 12.0. The van der Waals surface area contributed by atoms with Gasteiger partial charge in [-0.2, -0.15) is 0 Å². The third kappa shape index (κ3) is 3.86. The van der Waals surface area contributed by atoms with Crippen LogP contribution in [0.3, 0.4) is 0 Å². The van der Waals surface area contributed by atoms with Crippen molar-refractivity contribution in [3.63, 3.8) is 0 Å². The lowest BCUT2D eigenvalue weighted by Gasteiger charge is -2.19. The average Bonchev–Trinajstić information content (AvgIpc) is 2.53. The first kappa shape index (κ1) is 20.6. The van der Waals surface area contributed by atoms with Crippen molar-refractivity contribution in [3.8, 4) is 0 Å². The summed E-state index contributed by atoms with van der Waals surface area (Å²) in [5, 5.41) is 0. The molecule has 4 nitrogen and oxygen atoms in total. The van der Waals surface area contributed by atoms with Gasteiger partial charge in [0.1, 0.15) is 0 Å². The van der Waals surface area contributed by atoms with E-state index in [0.717, 1.165) is 11.1 Å². The maximum Gasteiger partial charge on any atom is 0.286 e. The second-order valence-corrected chi connectivity index (χ2v) is 13.8. The molecule has 0 saturated carbocycles. The first-order valence-corrected chi connectivity index (χ1v) is 11.9. The van der Waals surface area contributed by atoms with Crippen molar-refractivity contribution in [1.29, 1.82) is 0 Å². The highest BCUT2D eigenvalue weighted by Gasteiger charge is 2.34. The minimum atomic E-state index is -4.53. The standard InChI is InChI=1S/C20H26O4S2/c1-19(2,3)15-7-11-17(12-8-15)25(21,22)26(23,24)18-13-9-16(10-14-18)20(4,5)6/h7-14H,1-6H3. The Balaban J connectivity index is 2.47. The predicted molar refractivity (Wildman–Crippen MR) is 105 cm³/mol. The van der Waals surface area contributed by atoms with E-state index in [9.17, 15) is 16.8 Å². The van der Waals surface area contributed by atoms with Gasteiger partial charge in [0.05, 0.1) is 9.79 Å². The second-order valence-electron chi connectivity index (χ2n) is 8.46. The monoisotopic (exact) mass is 394 g/mol. The molecule has 6 heteroatoms. The molecule has 0 unspecified atom stereocenters. The lowest BCUT2D eigenvalue weighted by atomic mass is 9.87. The molecular weight excluding hydrogens is 368 g/mol. The molecular formula is C20H26O4S2. The summed E-state index contributed by atoms with van der Waals surface area (Å²) in [5.74, 6) is 0. The van der Waals surface area contributed by atoms with Gasteiger partial charge in [-0.05, 0) is 46.2 Å². The van der Waals surface area contributed by atoms with E-state index in [2.05, 4.69) is 0 Å². The molecule has 0 bridgehead atoms. The number of rotatable bonds is 3. The van der Waals surface area contributed by atoms with E-state index >= 15 is 0 Å². The Labute approximate surface area is 156 Å². The zero-order chi connectivity index (χ0) is 20.0. The van der Waals surface area contributed by atoms with Crippen molar-refractivity contribution in [1.82, 2.24) is 0 Å². The first-order chi connectivity index (χ1) is 11.7. The van der Waals surface area contributed by atoms with Gasteiger partial charge in [0.15, 0.2) is 0 Å². The first-order valence-electron chi connectivity index (χ1n) is 8.38. The zero-order valence-electron chi connectivity index (χ0n) is 16.1. The molecule has 0 spiro atoms. The van der Waals surface area contributed by atoms with Crippen LogP contribution in [0.5, 0.6) is 0 Å². The minimum Gasteiger partial charge on any atom is -0.207 e. The van der Waals surface area contributed by atoms with E-state index in [4.69, 9.17) is 0 Å². The van der Waals surface area contributed by atoms with Gasteiger partial charge < -0.3 is 0 Å². The summed E-state index contributed by atoms with van der Waals surface area (Å²) in [7, 11) is -9.06. The highest BCUT2D eigenvalue weighted by Crippen LogP contribution is 2.29. The molecule has 2 rings (SSSR count). The van der Waals surface area contributed by atoms with Crippen molar-refractivity contribution in [3.05, 3.63) is 59.7 Å². The van der Waals surface area contributed by atoms with Crippen LogP contribution in [0.2, 0.25) is 0 Å².